The maximum Gasteiger partial charge on any atom is 0.244 e. The molecule has 4 heteroatoms. The van der Waals surface area contributed by atoms with Crippen molar-refractivity contribution in [3.63, 3.8) is 0 Å². The van der Waals surface area contributed by atoms with Crippen LogP contribution in [0.25, 0.3) is 6.08 Å². The van der Waals surface area contributed by atoms with E-state index in [1.807, 2.05) is 42.5 Å². The van der Waals surface area contributed by atoms with E-state index in [9.17, 15) is 4.79 Å². The number of nitrogens with one attached hydrogen (secondary N) is 1. The molecule has 2 aromatic carbocycles. The van der Waals surface area contributed by atoms with Crippen LogP contribution in [0.15, 0.2) is 54.6 Å². The number of amides is 1. The molecule has 3 nitrogen and oxygen atoms in total. The number of rotatable bonds is 7. The lowest BCUT2D eigenvalue weighted by atomic mass is 9.97. The molecular formula is C21H24ClNO2. The van der Waals surface area contributed by atoms with Gasteiger partial charge in [-0.25, -0.2) is 0 Å². The number of methoxy groups -OCH3 is 1. The van der Waals surface area contributed by atoms with Crippen LogP contribution in [0, 0.1) is 5.92 Å². The highest BCUT2D eigenvalue weighted by Gasteiger charge is 2.15. The number of halogens is 1. The van der Waals surface area contributed by atoms with Crippen LogP contribution < -0.4 is 10.1 Å². The van der Waals surface area contributed by atoms with Crippen LogP contribution in [-0.4, -0.2) is 13.0 Å². The van der Waals surface area contributed by atoms with Crippen LogP contribution in [0.3, 0.4) is 0 Å². The molecule has 0 aromatic heterocycles. The molecule has 0 fully saturated rings. The Hall–Kier alpha value is -2.26. The summed E-state index contributed by atoms with van der Waals surface area (Å²) in [5.74, 6) is 1.12. The van der Waals surface area contributed by atoms with Gasteiger partial charge >= 0.3 is 0 Å². The molecule has 0 spiro atoms. The van der Waals surface area contributed by atoms with Crippen molar-refractivity contribution >= 4 is 23.6 Å². The van der Waals surface area contributed by atoms with Gasteiger partial charge in [0.25, 0.3) is 0 Å². The third kappa shape index (κ3) is 5.95. The third-order valence-corrected chi connectivity index (χ3v) is 4.21. The first-order chi connectivity index (χ1) is 12.0. The quantitative estimate of drug-likeness (QED) is 0.686. The van der Waals surface area contributed by atoms with E-state index in [4.69, 9.17) is 16.3 Å². The average molecular weight is 358 g/mol. The molecule has 0 bridgehead atoms. The van der Waals surface area contributed by atoms with Gasteiger partial charge in [-0.15, -0.1) is 0 Å². The SMILES string of the molecule is COc1ccc([C@@H](CC(C)C)NC(=O)/C=C/c2ccccc2Cl)cc1. The number of hydrogen-bond donors (Lipinski definition) is 1. The summed E-state index contributed by atoms with van der Waals surface area (Å²) in [5, 5.41) is 3.71. The predicted octanol–water partition coefficient (Wildman–Crippen LogP) is 5.27. The van der Waals surface area contributed by atoms with Crippen molar-refractivity contribution in [2.24, 2.45) is 5.92 Å². The van der Waals surface area contributed by atoms with Crippen LogP contribution in [-0.2, 0) is 4.79 Å². The Morgan fingerprint density at radius 1 is 1.16 bits per heavy atom. The van der Waals surface area contributed by atoms with Crippen LogP contribution >= 0.6 is 11.6 Å². The summed E-state index contributed by atoms with van der Waals surface area (Å²) in [5.41, 5.74) is 1.89. The molecule has 0 unspecified atom stereocenters. The Morgan fingerprint density at radius 2 is 1.84 bits per heavy atom. The molecular weight excluding hydrogens is 334 g/mol. The zero-order valence-corrected chi connectivity index (χ0v) is 15.6. The Labute approximate surface area is 154 Å². The fourth-order valence-electron chi connectivity index (χ4n) is 2.58. The normalized spacial score (nSPS) is 12.4. The Kier molecular flexibility index (Phi) is 7.08. The molecule has 1 N–H and O–H groups in total. The third-order valence-electron chi connectivity index (χ3n) is 3.86. The molecule has 0 saturated carbocycles. The van der Waals surface area contributed by atoms with Gasteiger partial charge in [-0.1, -0.05) is 55.8 Å². The number of carbonyl (C=O) groups is 1. The van der Waals surface area contributed by atoms with Crippen molar-refractivity contribution in [2.45, 2.75) is 26.3 Å². The minimum Gasteiger partial charge on any atom is -0.497 e. The van der Waals surface area contributed by atoms with E-state index < -0.39 is 0 Å². The molecule has 0 heterocycles. The Morgan fingerprint density at radius 3 is 2.44 bits per heavy atom. The number of ether oxygens (including phenoxy) is 1. The Bertz CT molecular complexity index is 723. The number of benzene rings is 2. The first-order valence-corrected chi connectivity index (χ1v) is 8.74. The minimum absolute atomic E-state index is 0.0469. The summed E-state index contributed by atoms with van der Waals surface area (Å²) in [6.45, 7) is 4.28. The van der Waals surface area contributed by atoms with Gasteiger partial charge in [0.05, 0.1) is 13.2 Å². The summed E-state index contributed by atoms with van der Waals surface area (Å²) in [4.78, 5) is 12.4. The highest BCUT2D eigenvalue weighted by Crippen LogP contribution is 2.24. The van der Waals surface area contributed by atoms with E-state index in [1.165, 1.54) is 6.08 Å². The molecule has 0 saturated heterocycles. The zero-order valence-electron chi connectivity index (χ0n) is 14.8. The smallest absolute Gasteiger partial charge is 0.244 e. The standard InChI is InChI=1S/C21H24ClNO2/c1-15(2)14-20(17-8-11-18(25-3)12-9-17)23-21(24)13-10-16-6-4-5-7-19(16)22/h4-13,15,20H,14H2,1-3H3,(H,23,24)/b13-10+/t20-/m1/s1. The van der Waals surface area contributed by atoms with Crippen LogP contribution in [0.2, 0.25) is 5.02 Å². The largest absolute Gasteiger partial charge is 0.497 e. The first-order valence-electron chi connectivity index (χ1n) is 8.36. The molecule has 1 atom stereocenters. The second-order valence-corrected chi connectivity index (χ2v) is 6.73. The molecule has 0 aliphatic rings. The molecule has 1 amide bonds. The maximum absolute atomic E-state index is 12.4. The van der Waals surface area contributed by atoms with Crippen LogP contribution in [0.5, 0.6) is 5.75 Å². The van der Waals surface area contributed by atoms with Gasteiger partial charge in [0, 0.05) is 11.1 Å². The second-order valence-electron chi connectivity index (χ2n) is 6.32. The van der Waals surface area contributed by atoms with Crippen LogP contribution in [0.1, 0.15) is 37.4 Å². The molecule has 0 radical (unpaired) electrons. The molecule has 132 valence electrons. The first kappa shape index (κ1) is 19.1. The number of hydrogen-bond acceptors (Lipinski definition) is 2. The fraction of sp³-hybridized carbons (Fsp3) is 0.286. The summed E-state index contributed by atoms with van der Waals surface area (Å²) in [6.07, 6.45) is 4.12. The highest BCUT2D eigenvalue weighted by atomic mass is 35.5. The van der Waals surface area contributed by atoms with Gasteiger partial charge in [-0.05, 0) is 47.7 Å². The van der Waals surface area contributed by atoms with Gasteiger partial charge in [0.15, 0.2) is 0 Å². The van der Waals surface area contributed by atoms with Crippen molar-refractivity contribution in [3.8, 4) is 5.75 Å². The molecule has 25 heavy (non-hydrogen) atoms. The van der Waals surface area contributed by atoms with Gasteiger partial charge in [0.2, 0.25) is 5.91 Å². The second kappa shape index (κ2) is 9.28. The van der Waals surface area contributed by atoms with E-state index in [-0.39, 0.29) is 11.9 Å². The maximum atomic E-state index is 12.4. The van der Waals surface area contributed by atoms with Crippen molar-refractivity contribution in [1.82, 2.24) is 5.32 Å². The fourth-order valence-corrected chi connectivity index (χ4v) is 2.78. The monoisotopic (exact) mass is 357 g/mol. The molecule has 2 rings (SSSR count). The average Bonchev–Trinajstić information content (AvgIpc) is 2.60. The Balaban J connectivity index is 2.10. The molecule has 0 aliphatic heterocycles. The van der Waals surface area contributed by atoms with E-state index in [2.05, 4.69) is 19.2 Å². The van der Waals surface area contributed by atoms with Crippen molar-refractivity contribution in [3.05, 3.63) is 70.8 Å². The van der Waals surface area contributed by atoms with Gasteiger partial charge in [0.1, 0.15) is 5.75 Å². The highest BCUT2D eigenvalue weighted by molar-refractivity contribution is 6.32. The summed E-state index contributed by atoms with van der Waals surface area (Å²) < 4.78 is 5.20. The lowest BCUT2D eigenvalue weighted by Gasteiger charge is -2.20. The summed E-state index contributed by atoms with van der Waals surface area (Å²) >= 11 is 6.11. The summed E-state index contributed by atoms with van der Waals surface area (Å²) in [7, 11) is 1.64. The lowest BCUT2D eigenvalue weighted by molar-refractivity contribution is -0.117. The van der Waals surface area contributed by atoms with E-state index >= 15 is 0 Å². The minimum atomic E-state index is -0.138. The summed E-state index contributed by atoms with van der Waals surface area (Å²) in [6, 6.07) is 15.2. The zero-order chi connectivity index (χ0) is 18.2. The van der Waals surface area contributed by atoms with Crippen LogP contribution in [0.4, 0.5) is 0 Å². The van der Waals surface area contributed by atoms with Gasteiger partial charge < -0.3 is 10.1 Å². The van der Waals surface area contributed by atoms with E-state index in [0.29, 0.717) is 10.9 Å². The van der Waals surface area contributed by atoms with Gasteiger partial charge in [-0.2, -0.15) is 0 Å². The topological polar surface area (TPSA) is 38.3 Å². The van der Waals surface area contributed by atoms with Crippen molar-refractivity contribution in [1.29, 1.82) is 0 Å². The van der Waals surface area contributed by atoms with Gasteiger partial charge in [-0.3, -0.25) is 4.79 Å². The lowest BCUT2D eigenvalue weighted by Crippen LogP contribution is -2.27. The predicted molar refractivity (Wildman–Crippen MR) is 104 cm³/mol. The molecule has 0 aliphatic carbocycles. The van der Waals surface area contributed by atoms with Crippen molar-refractivity contribution in [2.75, 3.05) is 7.11 Å². The molecule has 2 aromatic rings. The van der Waals surface area contributed by atoms with Crippen molar-refractivity contribution < 1.29 is 9.53 Å². The number of carbonyl (C=O) groups excluding carboxylic acids is 1. The van der Waals surface area contributed by atoms with E-state index in [0.717, 1.165) is 23.3 Å². The van der Waals surface area contributed by atoms with E-state index in [1.54, 1.807) is 19.3 Å².